The highest BCUT2D eigenvalue weighted by atomic mass is 32.2. The largest absolute Gasteiger partial charge is 0.330 e. The molecule has 0 unspecified atom stereocenters. The van der Waals surface area contributed by atoms with E-state index < -0.39 is 11.2 Å². The number of unbranched alkanes of at least 4 members (excludes halogenated alkanes) is 1. The summed E-state index contributed by atoms with van der Waals surface area (Å²) in [6, 6.07) is 8.26. The van der Waals surface area contributed by atoms with E-state index in [4.69, 9.17) is 4.98 Å². The molecule has 180 valence electrons. The van der Waals surface area contributed by atoms with Crippen molar-refractivity contribution < 1.29 is 0 Å². The van der Waals surface area contributed by atoms with E-state index in [0.717, 1.165) is 48.2 Å². The van der Waals surface area contributed by atoms with Crippen LogP contribution in [-0.4, -0.2) is 33.9 Å². The number of nitrogens with zero attached hydrogens (tertiary/aromatic N) is 6. The zero-order chi connectivity index (χ0) is 24.2. The van der Waals surface area contributed by atoms with Crippen LogP contribution >= 0.6 is 11.8 Å². The van der Waals surface area contributed by atoms with Crippen LogP contribution in [0.15, 0.2) is 39.0 Å². The molecule has 0 saturated heterocycles. The van der Waals surface area contributed by atoms with Gasteiger partial charge in [-0.1, -0.05) is 55.8 Å². The number of aromatic nitrogens is 7. The Kier molecular flexibility index (Phi) is 7.35. The predicted octanol–water partition coefficient (Wildman–Crippen LogP) is 3.98. The number of benzene rings is 1. The van der Waals surface area contributed by atoms with E-state index in [1.165, 1.54) is 5.56 Å². The molecule has 0 aliphatic heterocycles. The number of H-pyrrole nitrogens is 1. The van der Waals surface area contributed by atoms with Crippen molar-refractivity contribution in [1.29, 1.82) is 0 Å². The monoisotopic (exact) mass is 481 g/mol. The maximum absolute atomic E-state index is 12.7. The van der Waals surface area contributed by atoms with Crippen molar-refractivity contribution in [1.82, 2.24) is 33.9 Å². The molecule has 10 heteroatoms. The van der Waals surface area contributed by atoms with Gasteiger partial charge in [0.2, 0.25) is 0 Å². The first kappa shape index (κ1) is 24.0. The summed E-state index contributed by atoms with van der Waals surface area (Å²) in [4.78, 5) is 32.3. The Morgan fingerprint density at radius 1 is 1.00 bits per heavy atom. The number of fused-ring (bicyclic) bond motifs is 1. The first-order valence-electron chi connectivity index (χ1n) is 11.8. The van der Waals surface area contributed by atoms with Crippen molar-refractivity contribution >= 4 is 22.9 Å². The van der Waals surface area contributed by atoms with Gasteiger partial charge in [0.05, 0.1) is 5.75 Å². The number of hydrogen-bond donors (Lipinski definition) is 1. The summed E-state index contributed by atoms with van der Waals surface area (Å²) in [5.41, 5.74) is 2.32. The standard InChI is InChI=1S/C24H31N7O2S/c1-5-8-13-30-21-19(22(32)26-23(30)33)29(7-3)18(25-21)15-34-24-28-27-20(31(24)12-6-2)17-11-9-10-16(4)14-17/h9-11,14H,5-8,12-13,15H2,1-4H3,(H,26,32,33). The van der Waals surface area contributed by atoms with Crippen LogP contribution in [0.3, 0.4) is 0 Å². The zero-order valence-corrected chi connectivity index (χ0v) is 21.0. The fourth-order valence-corrected chi connectivity index (χ4v) is 5.05. The van der Waals surface area contributed by atoms with Crippen molar-refractivity contribution in [3.05, 3.63) is 56.5 Å². The molecule has 0 aliphatic carbocycles. The SMILES string of the molecule is CCCCn1c(=O)[nH]c(=O)c2c1nc(CSc1nnc(-c3cccc(C)c3)n1CCC)n2CC. The van der Waals surface area contributed by atoms with Gasteiger partial charge in [0.1, 0.15) is 5.82 Å². The molecular weight excluding hydrogens is 450 g/mol. The van der Waals surface area contributed by atoms with Gasteiger partial charge in [-0.3, -0.25) is 14.3 Å². The Morgan fingerprint density at radius 2 is 1.82 bits per heavy atom. The molecule has 1 N–H and O–H groups in total. The number of hydrogen-bond acceptors (Lipinski definition) is 6. The van der Waals surface area contributed by atoms with Gasteiger partial charge in [-0.25, -0.2) is 9.78 Å². The Morgan fingerprint density at radius 3 is 2.53 bits per heavy atom. The molecule has 3 aromatic heterocycles. The molecule has 0 bridgehead atoms. The second kappa shape index (κ2) is 10.4. The lowest BCUT2D eigenvalue weighted by Gasteiger charge is -2.10. The van der Waals surface area contributed by atoms with Gasteiger partial charge in [0.25, 0.3) is 5.56 Å². The van der Waals surface area contributed by atoms with Crippen molar-refractivity contribution in [3.8, 4) is 11.4 Å². The minimum absolute atomic E-state index is 0.394. The maximum atomic E-state index is 12.7. The highest BCUT2D eigenvalue weighted by Gasteiger charge is 2.20. The van der Waals surface area contributed by atoms with Crippen LogP contribution in [0.4, 0.5) is 0 Å². The van der Waals surface area contributed by atoms with Gasteiger partial charge in [-0.05, 0) is 32.8 Å². The van der Waals surface area contributed by atoms with Gasteiger partial charge in [-0.2, -0.15) is 0 Å². The van der Waals surface area contributed by atoms with Gasteiger partial charge in [-0.15, -0.1) is 10.2 Å². The molecule has 0 fully saturated rings. The molecule has 0 spiro atoms. The Hall–Kier alpha value is -3.14. The molecule has 4 rings (SSSR count). The van der Waals surface area contributed by atoms with Crippen LogP contribution in [0.5, 0.6) is 0 Å². The Bertz CT molecular complexity index is 1410. The Labute approximate surface area is 202 Å². The van der Waals surface area contributed by atoms with E-state index in [-0.39, 0.29) is 0 Å². The van der Waals surface area contributed by atoms with Crippen molar-refractivity contribution in [2.45, 2.75) is 77.5 Å². The van der Waals surface area contributed by atoms with E-state index in [0.29, 0.717) is 30.0 Å². The number of imidazole rings is 1. The molecular formula is C24H31N7O2S. The average Bonchev–Trinajstić information content (AvgIpc) is 3.39. The summed E-state index contributed by atoms with van der Waals surface area (Å²) in [5.74, 6) is 2.11. The molecule has 3 heterocycles. The van der Waals surface area contributed by atoms with Crippen molar-refractivity contribution in [2.75, 3.05) is 0 Å². The van der Waals surface area contributed by atoms with Crippen LogP contribution in [0.2, 0.25) is 0 Å². The summed E-state index contributed by atoms with van der Waals surface area (Å²) in [6.45, 7) is 10.2. The minimum Gasteiger partial charge on any atom is -0.322 e. The van der Waals surface area contributed by atoms with E-state index in [1.807, 2.05) is 17.6 Å². The average molecular weight is 482 g/mol. The summed E-state index contributed by atoms with van der Waals surface area (Å²) < 4.78 is 5.61. The van der Waals surface area contributed by atoms with Crippen molar-refractivity contribution in [2.24, 2.45) is 0 Å². The summed E-state index contributed by atoms with van der Waals surface area (Å²) in [5, 5.41) is 9.76. The smallest absolute Gasteiger partial charge is 0.322 e. The van der Waals surface area contributed by atoms with Gasteiger partial charge < -0.3 is 9.13 Å². The number of thioether (sulfide) groups is 1. The highest BCUT2D eigenvalue weighted by Crippen LogP contribution is 2.28. The maximum Gasteiger partial charge on any atom is 0.330 e. The second-order valence-corrected chi connectivity index (χ2v) is 9.27. The van der Waals surface area contributed by atoms with E-state index in [9.17, 15) is 9.59 Å². The summed E-state index contributed by atoms with van der Waals surface area (Å²) in [7, 11) is 0. The molecule has 0 radical (unpaired) electrons. The molecule has 4 aromatic rings. The first-order chi connectivity index (χ1) is 16.5. The quantitative estimate of drug-likeness (QED) is 0.344. The number of rotatable bonds is 10. The second-order valence-electron chi connectivity index (χ2n) is 8.32. The summed E-state index contributed by atoms with van der Waals surface area (Å²) >= 11 is 1.54. The van der Waals surface area contributed by atoms with Gasteiger partial charge >= 0.3 is 5.69 Å². The molecule has 34 heavy (non-hydrogen) atoms. The van der Waals surface area contributed by atoms with Crippen molar-refractivity contribution in [3.63, 3.8) is 0 Å². The Balaban J connectivity index is 1.71. The molecule has 0 aliphatic rings. The number of nitrogens with one attached hydrogen (secondary N) is 1. The van der Waals surface area contributed by atoms with Crippen LogP contribution < -0.4 is 11.2 Å². The summed E-state index contributed by atoms with van der Waals surface area (Å²) in [6.07, 6.45) is 2.74. The molecule has 1 aromatic carbocycles. The zero-order valence-electron chi connectivity index (χ0n) is 20.2. The van der Waals surface area contributed by atoms with Gasteiger partial charge in [0.15, 0.2) is 22.1 Å². The third-order valence-corrected chi connectivity index (χ3v) is 6.75. The lowest BCUT2D eigenvalue weighted by Crippen LogP contribution is -2.31. The fourth-order valence-electron chi connectivity index (χ4n) is 4.14. The molecule has 0 saturated carbocycles. The van der Waals surface area contributed by atoms with Crippen LogP contribution in [-0.2, 0) is 25.4 Å². The topological polar surface area (TPSA) is 103 Å². The van der Waals surface area contributed by atoms with Crippen LogP contribution in [0.25, 0.3) is 22.6 Å². The van der Waals surface area contributed by atoms with Gasteiger partial charge in [0, 0.05) is 25.2 Å². The third kappa shape index (κ3) is 4.59. The third-order valence-electron chi connectivity index (χ3n) is 5.79. The fraction of sp³-hybridized carbons (Fsp3) is 0.458. The predicted molar refractivity (Wildman–Crippen MR) is 135 cm³/mol. The lowest BCUT2D eigenvalue weighted by atomic mass is 10.1. The number of aromatic amines is 1. The first-order valence-corrected chi connectivity index (χ1v) is 12.8. The normalized spacial score (nSPS) is 11.5. The highest BCUT2D eigenvalue weighted by molar-refractivity contribution is 7.98. The molecule has 0 amide bonds. The minimum atomic E-state index is -0.406. The molecule has 9 nitrogen and oxygen atoms in total. The van der Waals surface area contributed by atoms with Crippen LogP contribution in [0, 0.1) is 6.92 Å². The van der Waals surface area contributed by atoms with Crippen LogP contribution in [0.1, 0.15) is 51.4 Å². The molecule has 0 atom stereocenters. The number of aryl methyl sites for hydroxylation is 3. The van der Waals surface area contributed by atoms with E-state index >= 15 is 0 Å². The van der Waals surface area contributed by atoms with E-state index in [2.05, 4.69) is 58.7 Å². The lowest BCUT2D eigenvalue weighted by molar-refractivity contribution is 0.613. The van der Waals surface area contributed by atoms with E-state index in [1.54, 1.807) is 16.3 Å².